The number of rotatable bonds is 8. The summed E-state index contributed by atoms with van der Waals surface area (Å²) in [6.07, 6.45) is 4.57. The fourth-order valence-electron chi connectivity index (χ4n) is 1.75. The highest BCUT2D eigenvalue weighted by Gasteiger charge is 2.16. The molecule has 0 amide bonds. The minimum atomic E-state index is -0.254. The fraction of sp³-hybridized carbons (Fsp3) is 0.375. The average molecular weight is 244 g/mol. The first kappa shape index (κ1) is 14.4. The Labute approximate surface area is 109 Å². The Morgan fingerprint density at radius 1 is 1.06 bits per heavy atom. The summed E-state index contributed by atoms with van der Waals surface area (Å²) >= 11 is 0. The maximum absolute atomic E-state index is 12.0. The molecule has 96 valence electrons. The highest BCUT2D eigenvalue weighted by atomic mass is 16.1. The normalized spacial score (nSPS) is 10.1. The van der Waals surface area contributed by atoms with Gasteiger partial charge in [-0.15, -0.1) is 0 Å². The lowest BCUT2D eigenvalue weighted by Gasteiger charge is -2.04. The summed E-state index contributed by atoms with van der Waals surface area (Å²) in [5.74, 6) is -0.379. The van der Waals surface area contributed by atoms with Crippen molar-refractivity contribution in [2.75, 3.05) is 0 Å². The van der Waals surface area contributed by atoms with Crippen molar-refractivity contribution in [3.63, 3.8) is 0 Å². The van der Waals surface area contributed by atoms with Crippen LogP contribution in [0.2, 0.25) is 0 Å². The Morgan fingerprint density at radius 2 is 1.72 bits per heavy atom. The van der Waals surface area contributed by atoms with Crippen LogP contribution in [0.4, 0.5) is 0 Å². The third-order valence-electron chi connectivity index (χ3n) is 2.90. The van der Waals surface area contributed by atoms with E-state index in [0.717, 1.165) is 25.7 Å². The van der Waals surface area contributed by atoms with E-state index in [1.807, 2.05) is 6.07 Å². The molecule has 0 aromatic heterocycles. The molecule has 2 nitrogen and oxygen atoms in total. The predicted octanol–water partition coefficient (Wildman–Crippen LogP) is 3.97. The number of hydrogen-bond donors (Lipinski definition) is 0. The van der Waals surface area contributed by atoms with Crippen molar-refractivity contribution in [1.29, 1.82) is 0 Å². The van der Waals surface area contributed by atoms with Gasteiger partial charge in [-0.05, 0) is 6.42 Å². The molecular weight excluding hydrogens is 224 g/mol. The van der Waals surface area contributed by atoms with Crippen LogP contribution in [-0.2, 0) is 4.79 Å². The minimum absolute atomic E-state index is 0.109. The summed E-state index contributed by atoms with van der Waals surface area (Å²) in [7, 11) is 0. The summed E-state index contributed by atoms with van der Waals surface area (Å²) in [5.41, 5.74) is 0.641. The van der Waals surface area contributed by atoms with Crippen LogP contribution in [-0.4, -0.2) is 11.6 Å². The molecular formula is C16H20O2. The van der Waals surface area contributed by atoms with Crippen LogP contribution >= 0.6 is 0 Å². The van der Waals surface area contributed by atoms with Crippen molar-refractivity contribution in [2.45, 2.75) is 39.0 Å². The maximum Gasteiger partial charge on any atom is 0.195 e. The quantitative estimate of drug-likeness (QED) is 0.228. The monoisotopic (exact) mass is 244 g/mol. The molecule has 0 spiro atoms. The van der Waals surface area contributed by atoms with Gasteiger partial charge in [-0.1, -0.05) is 63.1 Å². The zero-order valence-corrected chi connectivity index (χ0v) is 10.9. The second-order valence-electron chi connectivity index (χ2n) is 4.41. The molecule has 0 aliphatic rings. The van der Waals surface area contributed by atoms with E-state index in [2.05, 4.69) is 13.5 Å². The highest BCUT2D eigenvalue weighted by molar-refractivity contribution is 6.25. The third kappa shape index (κ3) is 4.28. The van der Waals surface area contributed by atoms with Crippen LogP contribution in [0.5, 0.6) is 0 Å². The molecule has 0 aliphatic carbocycles. The van der Waals surface area contributed by atoms with Crippen LogP contribution in [0.3, 0.4) is 0 Å². The highest BCUT2D eigenvalue weighted by Crippen LogP contribution is 2.11. The van der Waals surface area contributed by atoms with E-state index in [1.165, 1.54) is 0 Å². The minimum Gasteiger partial charge on any atom is -0.294 e. The second kappa shape index (κ2) is 7.59. The molecule has 0 bridgehead atoms. The first-order valence-electron chi connectivity index (χ1n) is 6.48. The predicted molar refractivity (Wildman–Crippen MR) is 73.7 cm³/mol. The van der Waals surface area contributed by atoms with E-state index < -0.39 is 0 Å². The Hall–Kier alpha value is -1.70. The lowest BCUT2D eigenvalue weighted by molar-refractivity contribution is -0.115. The van der Waals surface area contributed by atoms with E-state index in [0.29, 0.717) is 12.0 Å². The number of unbranched alkanes of at least 4 members (excludes halogenated alkanes) is 3. The molecule has 0 saturated heterocycles. The van der Waals surface area contributed by atoms with Crippen molar-refractivity contribution in [3.8, 4) is 0 Å². The summed E-state index contributed by atoms with van der Waals surface area (Å²) in [4.78, 5) is 23.8. The van der Waals surface area contributed by atoms with E-state index in [-0.39, 0.29) is 17.1 Å². The fourth-order valence-corrected chi connectivity index (χ4v) is 1.75. The Kier molecular flexibility index (Phi) is 6.06. The number of carbonyl (C=O) groups is 2. The molecule has 2 heteroatoms. The molecule has 0 heterocycles. The Balaban J connectivity index is 2.49. The van der Waals surface area contributed by atoms with Crippen molar-refractivity contribution < 1.29 is 9.59 Å². The van der Waals surface area contributed by atoms with Crippen molar-refractivity contribution in [1.82, 2.24) is 0 Å². The number of carbonyl (C=O) groups excluding carboxylic acids is 2. The van der Waals surface area contributed by atoms with Gasteiger partial charge in [-0.2, -0.15) is 0 Å². The van der Waals surface area contributed by atoms with Gasteiger partial charge in [0.2, 0.25) is 0 Å². The summed E-state index contributed by atoms with van der Waals surface area (Å²) in [5, 5.41) is 0. The van der Waals surface area contributed by atoms with Gasteiger partial charge in [-0.3, -0.25) is 9.59 Å². The average Bonchev–Trinajstić information content (AvgIpc) is 2.42. The Bertz CT molecular complexity index is 418. The lowest BCUT2D eigenvalue weighted by Crippen LogP contribution is -2.12. The first-order chi connectivity index (χ1) is 8.66. The van der Waals surface area contributed by atoms with Crippen LogP contribution in [0.25, 0.3) is 0 Å². The van der Waals surface area contributed by atoms with E-state index in [4.69, 9.17) is 0 Å². The molecule has 0 fully saturated rings. The molecule has 0 radical (unpaired) electrons. The molecule has 0 saturated carbocycles. The molecule has 18 heavy (non-hydrogen) atoms. The second-order valence-corrected chi connectivity index (χ2v) is 4.41. The van der Waals surface area contributed by atoms with Gasteiger partial charge in [0.05, 0.1) is 5.57 Å². The number of Topliss-reactive ketones (excluding diaryl/α,β-unsaturated/α-hetero) is 2. The first-order valence-corrected chi connectivity index (χ1v) is 6.48. The SMILES string of the molecule is C=C(C(=O)CCCCCC)C(=O)c1ccccc1. The number of allylic oxidation sites excluding steroid dienone is 1. The van der Waals surface area contributed by atoms with E-state index >= 15 is 0 Å². The summed E-state index contributed by atoms with van der Waals surface area (Å²) in [6, 6.07) is 8.82. The third-order valence-corrected chi connectivity index (χ3v) is 2.90. The molecule has 0 unspecified atom stereocenters. The zero-order chi connectivity index (χ0) is 13.4. The van der Waals surface area contributed by atoms with Crippen molar-refractivity contribution in [3.05, 3.63) is 48.0 Å². The van der Waals surface area contributed by atoms with E-state index in [1.54, 1.807) is 24.3 Å². The number of ketones is 2. The topological polar surface area (TPSA) is 34.1 Å². The van der Waals surface area contributed by atoms with Gasteiger partial charge in [0.15, 0.2) is 11.6 Å². The molecule has 1 aromatic rings. The number of hydrogen-bond acceptors (Lipinski definition) is 2. The van der Waals surface area contributed by atoms with Crippen molar-refractivity contribution >= 4 is 11.6 Å². The van der Waals surface area contributed by atoms with Crippen LogP contribution < -0.4 is 0 Å². The van der Waals surface area contributed by atoms with Crippen molar-refractivity contribution in [2.24, 2.45) is 0 Å². The summed E-state index contributed by atoms with van der Waals surface area (Å²) in [6.45, 7) is 5.76. The van der Waals surface area contributed by atoms with Gasteiger partial charge in [0.1, 0.15) is 0 Å². The maximum atomic E-state index is 12.0. The molecule has 0 atom stereocenters. The number of benzene rings is 1. The Morgan fingerprint density at radius 3 is 2.33 bits per heavy atom. The summed E-state index contributed by atoms with van der Waals surface area (Å²) < 4.78 is 0. The molecule has 1 rings (SSSR count). The van der Waals surface area contributed by atoms with Crippen LogP contribution in [0.15, 0.2) is 42.5 Å². The van der Waals surface area contributed by atoms with E-state index in [9.17, 15) is 9.59 Å². The zero-order valence-electron chi connectivity index (χ0n) is 10.9. The largest absolute Gasteiger partial charge is 0.294 e. The van der Waals surface area contributed by atoms with Gasteiger partial charge >= 0.3 is 0 Å². The standard InChI is InChI=1S/C16H20O2/c1-3-4-5-9-12-15(17)13(2)16(18)14-10-7-6-8-11-14/h6-8,10-11H,2-5,9,12H2,1H3. The van der Waals surface area contributed by atoms with Crippen LogP contribution in [0.1, 0.15) is 49.4 Å². The van der Waals surface area contributed by atoms with Gasteiger partial charge in [0.25, 0.3) is 0 Å². The van der Waals surface area contributed by atoms with Gasteiger partial charge < -0.3 is 0 Å². The molecule has 1 aromatic carbocycles. The van der Waals surface area contributed by atoms with Crippen LogP contribution in [0, 0.1) is 0 Å². The molecule has 0 aliphatic heterocycles. The lowest BCUT2D eigenvalue weighted by atomic mass is 9.98. The van der Waals surface area contributed by atoms with Gasteiger partial charge in [0, 0.05) is 12.0 Å². The van der Waals surface area contributed by atoms with Gasteiger partial charge in [-0.25, -0.2) is 0 Å². The molecule has 0 N–H and O–H groups in total. The smallest absolute Gasteiger partial charge is 0.195 e.